The molecule has 3 N–H and O–H groups in total. The van der Waals surface area contributed by atoms with Gasteiger partial charge >= 0.3 is 6.09 Å². The first kappa shape index (κ1) is 19.4. The van der Waals surface area contributed by atoms with Crippen molar-refractivity contribution in [3.05, 3.63) is 17.7 Å². The number of aliphatic hydroxyl groups is 1. The predicted octanol–water partition coefficient (Wildman–Crippen LogP) is 2.32. The maximum atomic E-state index is 11.8. The number of rotatable bonds is 7. The van der Waals surface area contributed by atoms with E-state index < -0.39 is 6.09 Å². The normalized spacial score (nSPS) is 19.3. The SMILES string of the molecule is CCOC(=O)Nc1ccc(OCCCN2CCCC2O)c2c1NC(=O)CC2. The van der Waals surface area contributed by atoms with Crippen LogP contribution in [0.2, 0.25) is 0 Å². The number of benzene rings is 1. The second-order valence-electron chi connectivity index (χ2n) is 6.72. The minimum atomic E-state index is -0.558. The second-order valence-corrected chi connectivity index (χ2v) is 6.72. The maximum absolute atomic E-state index is 11.8. The van der Waals surface area contributed by atoms with E-state index >= 15 is 0 Å². The van der Waals surface area contributed by atoms with E-state index in [-0.39, 0.29) is 18.7 Å². The lowest BCUT2D eigenvalue weighted by Crippen LogP contribution is -2.30. The predicted molar refractivity (Wildman–Crippen MR) is 101 cm³/mol. The number of aliphatic hydroxyl groups excluding tert-OH is 1. The summed E-state index contributed by atoms with van der Waals surface area (Å²) >= 11 is 0. The van der Waals surface area contributed by atoms with Gasteiger partial charge in [-0.15, -0.1) is 0 Å². The summed E-state index contributed by atoms with van der Waals surface area (Å²) in [5.74, 6) is 0.621. The highest BCUT2D eigenvalue weighted by atomic mass is 16.5. The average Bonchev–Trinajstić information content (AvgIpc) is 3.05. The minimum absolute atomic E-state index is 0.0884. The number of hydrogen-bond acceptors (Lipinski definition) is 6. The summed E-state index contributed by atoms with van der Waals surface area (Å²) in [4.78, 5) is 25.6. The molecule has 1 aromatic rings. The smallest absolute Gasteiger partial charge is 0.411 e. The molecule has 1 fully saturated rings. The molecule has 1 saturated heterocycles. The Labute approximate surface area is 158 Å². The van der Waals surface area contributed by atoms with Gasteiger partial charge in [0.2, 0.25) is 5.91 Å². The van der Waals surface area contributed by atoms with Crippen LogP contribution < -0.4 is 15.4 Å². The summed E-state index contributed by atoms with van der Waals surface area (Å²) in [6.45, 7) is 4.25. The lowest BCUT2D eigenvalue weighted by molar-refractivity contribution is -0.116. The number of amides is 2. The molecule has 3 rings (SSSR count). The Morgan fingerprint density at radius 2 is 2.26 bits per heavy atom. The Bertz CT molecular complexity index is 694. The van der Waals surface area contributed by atoms with Crippen molar-refractivity contribution < 1.29 is 24.2 Å². The zero-order valence-electron chi connectivity index (χ0n) is 15.6. The number of hydrogen-bond donors (Lipinski definition) is 3. The van der Waals surface area contributed by atoms with Crippen LogP contribution in [0.4, 0.5) is 16.2 Å². The van der Waals surface area contributed by atoms with Crippen LogP contribution in [0, 0.1) is 0 Å². The van der Waals surface area contributed by atoms with E-state index in [4.69, 9.17) is 9.47 Å². The van der Waals surface area contributed by atoms with Crippen molar-refractivity contribution in [3.8, 4) is 5.75 Å². The molecule has 1 atom stereocenters. The largest absolute Gasteiger partial charge is 0.493 e. The Morgan fingerprint density at radius 3 is 3.00 bits per heavy atom. The summed E-state index contributed by atoms with van der Waals surface area (Å²) in [5.41, 5.74) is 1.96. The number of carbonyl (C=O) groups excluding carboxylic acids is 2. The van der Waals surface area contributed by atoms with Crippen LogP contribution in [0.25, 0.3) is 0 Å². The van der Waals surface area contributed by atoms with Gasteiger partial charge in [-0.2, -0.15) is 0 Å². The van der Waals surface area contributed by atoms with Crippen molar-refractivity contribution in [2.75, 3.05) is 36.9 Å². The Balaban J connectivity index is 1.64. The molecule has 0 radical (unpaired) electrons. The van der Waals surface area contributed by atoms with Crippen LogP contribution in [-0.4, -0.2) is 54.5 Å². The number of carbonyl (C=O) groups is 2. The van der Waals surface area contributed by atoms with E-state index in [1.54, 1.807) is 13.0 Å². The van der Waals surface area contributed by atoms with Gasteiger partial charge in [-0.1, -0.05) is 0 Å². The van der Waals surface area contributed by atoms with Crippen LogP contribution >= 0.6 is 0 Å². The van der Waals surface area contributed by atoms with Gasteiger partial charge in [-0.05, 0) is 44.7 Å². The molecule has 8 nitrogen and oxygen atoms in total. The number of fused-ring (bicyclic) bond motifs is 1. The first-order valence-corrected chi connectivity index (χ1v) is 9.53. The van der Waals surface area contributed by atoms with Gasteiger partial charge in [0.1, 0.15) is 12.0 Å². The third-order valence-corrected chi connectivity index (χ3v) is 4.82. The van der Waals surface area contributed by atoms with Crippen molar-refractivity contribution in [2.24, 2.45) is 0 Å². The quantitative estimate of drug-likeness (QED) is 0.631. The zero-order valence-corrected chi connectivity index (χ0v) is 15.6. The molecule has 8 heteroatoms. The van der Waals surface area contributed by atoms with Crippen LogP contribution in [0.3, 0.4) is 0 Å². The Hall–Kier alpha value is -2.32. The van der Waals surface area contributed by atoms with Crippen molar-refractivity contribution in [1.29, 1.82) is 0 Å². The molecule has 1 unspecified atom stereocenters. The lowest BCUT2D eigenvalue weighted by Gasteiger charge is -2.24. The summed E-state index contributed by atoms with van der Waals surface area (Å²) in [6.07, 6.45) is 2.72. The highest BCUT2D eigenvalue weighted by molar-refractivity contribution is 6.01. The Kier molecular flexibility index (Phi) is 6.52. The van der Waals surface area contributed by atoms with Crippen LogP contribution in [0.15, 0.2) is 12.1 Å². The molecule has 2 aliphatic rings. The van der Waals surface area contributed by atoms with Gasteiger partial charge in [0.25, 0.3) is 0 Å². The Morgan fingerprint density at radius 1 is 1.41 bits per heavy atom. The molecule has 2 aliphatic heterocycles. The third kappa shape index (κ3) is 4.90. The summed E-state index contributed by atoms with van der Waals surface area (Å²) in [7, 11) is 0. The number of likely N-dealkylation sites (tertiary alicyclic amines) is 1. The molecule has 2 amide bonds. The van der Waals surface area contributed by atoms with Gasteiger partial charge in [0.05, 0.1) is 24.6 Å². The fraction of sp³-hybridized carbons (Fsp3) is 0.579. The first-order chi connectivity index (χ1) is 13.1. The van der Waals surface area contributed by atoms with Gasteiger partial charge in [-0.25, -0.2) is 4.79 Å². The number of ether oxygens (including phenoxy) is 2. The number of nitrogens with one attached hydrogen (secondary N) is 2. The number of anilines is 2. The fourth-order valence-corrected chi connectivity index (χ4v) is 3.50. The van der Waals surface area contributed by atoms with E-state index in [2.05, 4.69) is 15.5 Å². The molecule has 2 heterocycles. The monoisotopic (exact) mass is 377 g/mol. The summed E-state index contributed by atoms with van der Waals surface area (Å²) in [5, 5.41) is 15.3. The molecule has 0 saturated carbocycles. The first-order valence-electron chi connectivity index (χ1n) is 9.53. The molecule has 0 aliphatic carbocycles. The minimum Gasteiger partial charge on any atom is -0.493 e. The van der Waals surface area contributed by atoms with E-state index in [0.717, 1.165) is 37.9 Å². The van der Waals surface area contributed by atoms with Crippen molar-refractivity contribution in [3.63, 3.8) is 0 Å². The van der Waals surface area contributed by atoms with E-state index in [9.17, 15) is 14.7 Å². The molecule has 0 spiro atoms. The van der Waals surface area contributed by atoms with E-state index in [1.165, 1.54) is 0 Å². The molecule has 27 heavy (non-hydrogen) atoms. The second kappa shape index (κ2) is 9.05. The third-order valence-electron chi connectivity index (χ3n) is 4.82. The van der Waals surface area contributed by atoms with E-state index in [0.29, 0.717) is 36.6 Å². The van der Waals surface area contributed by atoms with Crippen LogP contribution in [0.1, 0.15) is 38.2 Å². The van der Waals surface area contributed by atoms with Gasteiger partial charge in [0, 0.05) is 25.1 Å². The van der Waals surface area contributed by atoms with Gasteiger partial charge in [-0.3, -0.25) is 15.0 Å². The highest BCUT2D eigenvalue weighted by Gasteiger charge is 2.24. The molecule has 0 aromatic heterocycles. The molecular weight excluding hydrogens is 350 g/mol. The highest BCUT2D eigenvalue weighted by Crippen LogP contribution is 2.37. The average molecular weight is 377 g/mol. The molecule has 0 bridgehead atoms. The zero-order chi connectivity index (χ0) is 19.2. The van der Waals surface area contributed by atoms with Crippen LogP contribution in [0.5, 0.6) is 5.75 Å². The fourth-order valence-electron chi connectivity index (χ4n) is 3.50. The molecule has 148 valence electrons. The topological polar surface area (TPSA) is 100 Å². The van der Waals surface area contributed by atoms with Crippen molar-refractivity contribution in [1.82, 2.24) is 4.90 Å². The van der Waals surface area contributed by atoms with Crippen molar-refractivity contribution in [2.45, 2.75) is 45.3 Å². The lowest BCUT2D eigenvalue weighted by atomic mass is 10.0. The molecule has 1 aromatic carbocycles. The maximum Gasteiger partial charge on any atom is 0.411 e. The van der Waals surface area contributed by atoms with E-state index in [1.807, 2.05) is 6.07 Å². The molecular formula is C19H27N3O5. The summed E-state index contributed by atoms with van der Waals surface area (Å²) in [6, 6.07) is 3.52. The number of nitrogens with zero attached hydrogens (tertiary/aromatic N) is 1. The van der Waals surface area contributed by atoms with Gasteiger partial charge in [0.15, 0.2) is 0 Å². The standard InChI is InChI=1S/C19H27N3O5/c1-2-26-19(25)20-14-7-8-15(13-6-9-16(23)21-18(13)14)27-12-4-11-22-10-3-5-17(22)24/h7-8,17,24H,2-6,9-12H2,1H3,(H,20,25)(H,21,23). The summed E-state index contributed by atoms with van der Waals surface area (Å²) < 4.78 is 10.9. The van der Waals surface area contributed by atoms with Crippen LogP contribution in [-0.2, 0) is 16.0 Å². The van der Waals surface area contributed by atoms with Crippen molar-refractivity contribution >= 4 is 23.4 Å². The van der Waals surface area contributed by atoms with Gasteiger partial charge < -0.3 is 19.9 Å².